The summed E-state index contributed by atoms with van der Waals surface area (Å²) in [6.07, 6.45) is 7.01. The van der Waals surface area contributed by atoms with Crippen LogP contribution in [-0.2, 0) is 19.1 Å². The van der Waals surface area contributed by atoms with Crippen molar-refractivity contribution in [2.75, 3.05) is 19.8 Å². The molecule has 3 rings (SSSR count). The molecule has 0 saturated carbocycles. The average molecular weight is 479 g/mol. The maximum atomic E-state index is 14.2. The van der Waals surface area contributed by atoms with E-state index in [4.69, 9.17) is 4.74 Å². The molecule has 3 heterocycles. The molecule has 2 bridgehead atoms. The fourth-order valence-electron chi connectivity index (χ4n) is 6.04. The number of ether oxygens (including phenoxy) is 1. The first-order valence-corrected chi connectivity index (χ1v) is 13.0. The van der Waals surface area contributed by atoms with Gasteiger partial charge < -0.3 is 19.6 Å². The molecule has 1 N–H and O–H groups in total. The van der Waals surface area contributed by atoms with E-state index in [2.05, 4.69) is 20.1 Å². The molecule has 0 aromatic carbocycles. The van der Waals surface area contributed by atoms with E-state index in [-0.39, 0.29) is 42.3 Å². The van der Waals surface area contributed by atoms with Crippen molar-refractivity contribution < 1.29 is 24.2 Å². The number of carbonyl (C=O) groups is 3. The summed E-state index contributed by atoms with van der Waals surface area (Å²) in [5.41, 5.74) is 0. The lowest BCUT2D eigenvalue weighted by molar-refractivity contribution is -0.153. The number of hydrogen-bond acceptors (Lipinski definition) is 6. The number of thioether (sulfide) groups is 1. The largest absolute Gasteiger partial charge is 0.461 e. The molecule has 1 spiro atoms. The first-order chi connectivity index (χ1) is 15.8. The van der Waals surface area contributed by atoms with Gasteiger partial charge in [-0.15, -0.1) is 18.3 Å². The van der Waals surface area contributed by atoms with Gasteiger partial charge in [0.2, 0.25) is 11.8 Å². The Bertz CT molecular complexity index is 785. The molecule has 3 unspecified atom stereocenters. The summed E-state index contributed by atoms with van der Waals surface area (Å²) in [6, 6.07) is -1.18. The highest BCUT2D eigenvalue weighted by atomic mass is 32.2. The highest BCUT2D eigenvalue weighted by molar-refractivity contribution is 8.02. The zero-order chi connectivity index (χ0) is 24.3. The standard InChI is InChI=1S/C25H38N2O5S/c1-6-10-16(5)26(13-7-2)23(30)21-25-12-11-18(33-25)19(24(31)32-14-8-3)20(25)22(29)27(21)17(9-4)15-28/h7-8,16-21,28H,2-3,6,9-15H2,1,4-5H3/t16?,17-,18+,19-,20-,21?,25?/m0/s1. The third-order valence-electron chi connectivity index (χ3n) is 7.51. The van der Waals surface area contributed by atoms with Crippen LogP contribution in [0.2, 0.25) is 0 Å². The van der Waals surface area contributed by atoms with Crippen molar-refractivity contribution in [2.24, 2.45) is 11.8 Å². The van der Waals surface area contributed by atoms with E-state index < -0.39 is 28.7 Å². The predicted octanol–water partition coefficient (Wildman–Crippen LogP) is 2.78. The van der Waals surface area contributed by atoms with Gasteiger partial charge in [0.25, 0.3) is 0 Å². The van der Waals surface area contributed by atoms with Crippen LogP contribution < -0.4 is 0 Å². The highest BCUT2D eigenvalue weighted by Gasteiger charge is 2.74. The molecule has 0 aliphatic carbocycles. The van der Waals surface area contributed by atoms with Crippen molar-refractivity contribution in [3.63, 3.8) is 0 Å². The zero-order valence-electron chi connectivity index (χ0n) is 20.1. The molecule has 0 radical (unpaired) electrons. The molecule has 3 saturated heterocycles. The molecule has 8 heteroatoms. The number of hydrogen-bond donors (Lipinski definition) is 1. The van der Waals surface area contributed by atoms with Crippen LogP contribution in [0.1, 0.15) is 52.9 Å². The molecule has 33 heavy (non-hydrogen) atoms. The van der Waals surface area contributed by atoms with Crippen LogP contribution in [-0.4, -0.2) is 80.6 Å². The Kier molecular flexibility index (Phi) is 8.32. The van der Waals surface area contributed by atoms with Crippen LogP contribution in [0, 0.1) is 11.8 Å². The fourth-order valence-corrected chi connectivity index (χ4v) is 8.23. The summed E-state index contributed by atoms with van der Waals surface area (Å²) < 4.78 is 4.71. The van der Waals surface area contributed by atoms with Gasteiger partial charge in [0, 0.05) is 17.8 Å². The number of rotatable bonds is 12. The Morgan fingerprint density at radius 1 is 1.36 bits per heavy atom. The average Bonchev–Trinajstić information content (AvgIpc) is 3.44. The molecule has 0 aromatic rings. The second kappa shape index (κ2) is 10.6. The van der Waals surface area contributed by atoms with E-state index in [1.165, 1.54) is 6.08 Å². The molecule has 2 amide bonds. The minimum absolute atomic E-state index is 0.000869. The summed E-state index contributed by atoms with van der Waals surface area (Å²) in [4.78, 5) is 44.5. The Labute approximate surface area is 201 Å². The maximum Gasteiger partial charge on any atom is 0.311 e. The molecular weight excluding hydrogens is 440 g/mol. The predicted molar refractivity (Wildman–Crippen MR) is 130 cm³/mol. The zero-order valence-corrected chi connectivity index (χ0v) is 20.9. The van der Waals surface area contributed by atoms with Crippen LogP contribution in [0.5, 0.6) is 0 Å². The van der Waals surface area contributed by atoms with Crippen molar-refractivity contribution in [3.8, 4) is 0 Å². The van der Waals surface area contributed by atoms with E-state index >= 15 is 0 Å². The van der Waals surface area contributed by atoms with Gasteiger partial charge in [-0.3, -0.25) is 14.4 Å². The van der Waals surface area contributed by atoms with E-state index in [0.717, 1.165) is 19.3 Å². The maximum absolute atomic E-state index is 14.2. The summed E-state index contributed by atoms with van der Waals surface area (Å²) in [5, 5.41) is 10.1. The number of nitrogens with zero attached hydrogens (tertiary/aromatic N) is 2. The van der Waals surface area contributed by atoms with Crippen molar-refractivity contribution in [1.82, 2.24) is 9.80 Å². The van der Waals surface area contributed by atoms with Crippen molar-refractivity contribution in [3.05, 3.63) is 25.3 Å². The van der Waals surface area contributed by atoms with Crippen molar-refractivity contribution in [1.29, 1.82) is 0 Å². The lowest BCUT2D eigenvalue weighted by atomic mass is 9.71. The summed E-state index contributed by atoms with van der Waals surface area (Å²) >= 11 is 1.62. The van der Waals surface area contributed by atoms with E-state index in [1.807, 2.05) is 18.7 Å². The lowest BCUT2D eigenvalue weighted by Gasteiger charge is -2.41. The molecule has 3 aliphatic rings. The molecular formula is C25H38N2O5S. The number of amides is 2. The van der Waals surface area contributed by atoms with Crippen LogP contribution in [0.25, 0.3) is 0 Å². The molecule has 3 aliphatic heterocycles. The van der Waals surface area contributed by atoms with Gasteiger partial charge in [0.15, 0.2) is 0 Å². The molecule has 0 aromatic heterocycles. The van der Waals surface area contributed by atoms with Crippen LogP contribution in [0.3, 0.4) is 0 Å². The molecule has 7 nitrogen and oxygen atoms in total. The van der Waals surface area contributed by atoms with E-state index in [0.29, 0.717) is 19.4 Å². The number of aliphatic hydroxyl groups excluding tert-OH is 1. The molecule has 7 atom stereocenters. The Hall–Kier alpha value is -1.80. The molecule has 184 valence electrons. The number of esters is 1. The number of aliphatic hydroxyl groups is 1. The summed E-state index contributed by atoms with van der Waals surface area (Å²) in [5.74, 6) is -1.88. The third-order valence-corrected chi connectivity index (χ3v) is 9.46. The molecule has 3 fully saturated rings. The smallest absolute Gasteiger partial charge is 0.311 e. The summed E-state index contributed by atoms with van der Waals surface area (Å²) in [7, 11) is 0. The number of likely N-dealkylation sites (tertiary alicyclic amines) is 1. The van der Waals surface area contributed by atoms with Gasteiger partial charge >= 0.3 is 5.97 Å². The van der Waals surface area contributed by atoms with Gasteiger partial charge in [0.1, 0.15) is 12.6 Å². The first kappa shape index (κ1) is 25.8. The van der Waals surface area contributed by atoms with Gasteiger partial charge in [-0.1, -0.05) is 39.0 Å². The van der Waals surface area contributed by atoms with Crippen LogP contribution >= 0.6 is 11.8 Å². The van der Waals surface area contributed by atoms with E-state index in [9.17, 15) is 19.5 Å². The quantitative estimate of drug-likeness (QED) is 0.343. The number of fused-ring (bicyclic) bond motifs is 1. The normalized spacial score (nSPS) is 31.8. The van der Waals surface area contributed by atoms with Gasteiger partial charge in [-0.25, -0.2) is 0 Å². The minimum atomic E-state index is -0.710. The number of carbonyl (C=O) groups excluding carboxylic acids is 3. The lowest BCUT2D eigenvalue weighted by Crippen LogP contribution is -2.58. The monoisotopic (exact) mass is 478 g/mol. The van der Waals surface area contributed by atoms with Gasteiger partial charge in [0.05, 0.1) is 29.2 Å². The Morgan fingerprint density at radius 3 is 2.67 bits per heavy atom. The van der Waals surface area contributed by atoms with Crippen LogP contribution in [0.4, 0.5) is 0 Å². The van der Waals surface area contributed by atoms with E-state index in [1.54, 1.807) is 22.7 Å². The third kappa shape index (κ3) is 4.25. The minimum Gasteiger partial charge on any atom is -0.461 e. The second-order valence-corrected chi connectivity index (χ2v) is 11.0. The second-order valence-electron chi connectivity index (χ2n) is 9.38. The topological polar surface area (TPSA) is 87.1 Å². The van der Waals surface area contributed by atoms with Gasteiger partial charge in [-0.05, 0) is 32.6 Å². The van der Waals surface area contributed by atoms with Crippen molar-refractivity contribution >= 4 is 29.5 Å². The highest BCUT2D eigenvalue weighted by Crippen LogP contribution is 2.67. The summed E-state index contributed by atoms with van der Waals surface area (Å²) in [6.45, 7) is 13.7. The Balaban J connectivity index is 2.06. The fraction of sp³-hybridized carbons (Fsp3) is 0.720. The first-order valence-electron chi connectivity index (χ1n) is 12.1. The Morgan fingerprint density at radius 2 is 2.09 bits per heavy atom. The van der Waals surface area contributed by atoms with Crippen LogP contribution in [0.15, 0.2) is 25.3 Å². The van der Waals surface area contributed by atoms with Crippen molar-refractivity contribution in [2.45, 2.75) is 81.0 Å². The van der Waals surface area contributed by atoms with Gasteiger partial charge in [-0.2, -0.15) is 0 Å². The SMILES string of the molecule is C=CCOC(=O)[C@@H]1[C@H]2C(=O)N([C@@H](CC)CO)C(C(=O)N(CC=C)C(C)CCC)C23CC[C@H]1S3.